The van der Waals surface area contributed by atoms with Crippen molar-refractivity contribution in [3.8, 4) is 0 Å². The molecule has 1 aromatic carbocycles. The SMILES string of the molecule is O[C@@H]1CN(Cc2ccccc2)CC[C@H]1N1CCOCC1. The first-order valence-corrected chi connectivity index (χ1v) is 7.59. The molecular formula is C16H24N2O2. The molecule has 110 valence electrons. The van der Waals surface area contributed by atoms with E-state index in [0.29, 0.717) is 6.04 Å². The average molecular weight is 276 g/mol. The highest BCUT2D eigenvalue weighted by molar-refractivity contribution is 5.14. The van der Waals surface area contributed by atoms with Gasteiger partial charge in [0.05, 0.1) is 19.3 Å². The van der Waals surface area contributed by atoms with Crippen molar-refractivity contribution in [2.75, 3.05) is 39.4 Å². The lowest BCUT2D eigenvalue weighted by molar-refractivity contribution is -0.0534. The molecule has 0 saturated carbocycles. The lowest BCUT2D eigenvalue weighted by atomic mass is 9.99. The summed E-state index contributed by atoms with van der Waals surface area (Å²) in [5.74, 6) is 0. The number of nitrogens with zero attached hydrogens (tertiary/aromatic N) is 2. The molecule has 2 aliphatic heterocycles. The van der Waals surface area contributed by atoms with Gasteiger partial charge in [-0.1, -0.05) is 30.3 Å². The molecule has 0 bridgehead atoms. The molecule has 2 saturated heterocycles. The number of hydrogen-bond acceptors (Lipinski definition) is 4. The van der Waals surface area contributed by atoms with Crippen molar-refractivity contribution in [2.24, 2.45) is 0 Å². The molecule has 2 aliphatic rings. The van der Waals surface area contributed by atoms with Crippen molar-refractivity contribution < 1.29 is 9.84 Å². The van der Waals surface area contributed by atoms with Gasteiger partial charge in [0.1, 0.15) is 0 Å². The van der Waals surface area contributed by atoms with Crippen molar-refractivity contribution in [1.29, 1.82) is 0 Å². The molecule has 0 aliphatic carbocycles. The second-order valence-corrected chi connectivity index (χ2v) is 5.79. The Morgan fingerprint density at radius 1 is 1.10 bits per heavy atom. The highest BCUT2D eigenvalue weighted by Gasteiger charge is 2.32. The van der Waals surface area contributed by atoms with Crippen LogP contribution < -0.4 is 0 Å². The lowest BCUT2D eigenvalue weighted by Gasteiger charge is -2.43. The summed E-state index contributed by atoms with van der Waals surface area (Å²) in [7, 11) is 0. The number of benzene rings is 1. The molecule has 0 unspecified atom stereocenters. The molecule has 3 rings (SSSR count). The Morgan fingerprint density at radius 2 is 1.85 bits per heavy atom. The first kappa shape index (κ1) is 14.0. The van der Waals surface area contributed by atoms with Crippen LogP contribution in [-0.4, -0.2) is 66.4 Å². The zero-order chi connectivity index (χ0) is 13.8. The Hall–Kier alpha value is -0.940. The molecule has 0 aromatic heterocycles. The first-order chi connectivity index (χ1) is 9.83. The summed E-state index contributed by atoms with van der Waals surface area (Å²) < 4.78 is 5.39. The van der Waals surface area contributed by atoms with Crippen LogP contribution in [0.2, 0.25) is 0 Å². The van der Waals surface area contributed by atoms with Gasteiger partial charge in [-0.05, 0) is 12.0 Å². The number of β-amino-alcohol motifs (C(OH)–C–C–N with tert-alkyl or cyclic N) is 1. The van der Waals surface area contributed by atoms with Crippen LogP contribution in [0, 0.1) is 0 Å². The third-order valence-electron chi connectivity index (χ3n) is 4.39. The first-order valence-electron chi connectivity index (χ1n) is 7.59. The summed E-state index contributed by atoms with van der Waals surface area (Å²) >= 11 is 0. The largest absolute Gasteiger partial charge is 0.390 e. The second kappa shape index (κ2) is 6.68. The molecule has 0 spiro atoms. The minimum absolute atomic E-state index is 0.245. The molecule has 2 fully saturated rings. The van der Waals surface area contributed by atoms with Gasteiger partial charge < -0.3 is 9.84 Å². The minimum atomic E-state index is -0.245. The molecule has 1 aromatic rings. The highest BCUT2D eigenvalue weighted by atomic mass is 16.5. The number of aliphatic hydroxyl groups excluding tert-OH is 1. The standard InChI is InChI=1S/C16H24N2O2/c19-16-13-17(12-14-4-2-1-3-5-14)7-6-15(16)18-8-10-20-11-9-18/h1-5,15-16,19H,6-13H2/t15-,16-/m1/s1. The molecule has 0 radical (unpaired) electrons. The molecule has 2 atom stereocenters. The summed E-state index contributed by atoms with van der Waals surface area (Å²) in [6, 6.07) is 10.8. The van der Waals surface area contributed by atoms with Crippen LogP contribution in [0.5, 0.6) is 0 Å². The van der Waals surface area contributed by atoms with E-state index in [1.54, 1.807) is 0 Å². The lowest BCUT2D eigenvalue weighted by Crippen LogP contribution is -2.56. The topological polar surface area (TPSA) is 35.9 Å². The van der Waals surface area contributed by atoms with Crippen LogP contribution in [0.25, 0.3) is 0 Å². The van der Waals surface area contributed by atoms with Crippen LogP contribution in [0.15, 0.2) is 30.3 Å². The zero-order valence-electron chi connectivity index (χ0n) is 11.9. The molecule has 20 heavy (non-hydrogen) atoms. The summed E-state index contributed by atoms with van der Waals surface area (Å²) in [6.45, 7) is 6.30. The van der Waals surface area contributed by atoms with Crippen molar-refractivity contribution in [2.45, 2.75) is 25.1 Å². The number of piperidine rings is 1. The van der Waals surface area contributed by atoms with Crippen LogP contribution >= 0.6 is 0 Å². The van der Waals surface area contributed by atoms with E-state index in [0.717, 1.165) is 52.4 Å². The van der Waals surface area contributed by atoms with Gasteiger partial charge in [0.2, 0.25) is 0 Å². The number of ether oxygens (including phenoxy) is 1. The van der Waals surface area contributed by atoms with Gasteiger partial charge in [-0.3, -0.25) is 9.80 Å². The summed E-state index contributed by atoms with van der Waals surface area (Å²) in [6.07, 6.45) is 0.805. The zero-order valence-corrected chi connectivity index (χ0v) is 11.9. The Bertz CT molecular complexity index is 406. The van der Waals surface area contributed by atoms with Crippen molar-refractivity contribution >= 4 is 0 Å². The van der Waals surface area contributed by atoms with Gasteiger partial charge in [-0.2, -0.15) is 0 Å². The third-order valence-corrected chi connectivity index (χ3v) is 4.39. The van der Waals surface area contributed by atoms with Gasteiger partial charge >= 0.3 is 0 Å². The second-order valence-electron chi connectivity index (χ2n) is 5.79. The van der Waals surface area contributed by atoms with E-state index in [4.69, 9.17) is 4.74 Å². The van der Waals surface area contributed by atoms with Crippen molar-refractivity contribution in [3.05, 3.63) is 35.9 Å². The van der Waals surface area contributed by atoms with Crippen LogP contribution in [0.3, 0.4) is 0 Å². The van der Waals surface area contributed by atoms with Gasteiger partial charge in [0.15, 0.2) is 0 Å². The fourth-order valence-corrected chi connectivity index (χ4v) is 3.31. The monoisotopic (exact) mass is 276 g/mol. The van der Waals surface area contributed by atoms with E-state index in [1.165, 1.54) is 5.56 Å². The van der Waals surface area contributed by atoms with Crippen LogP contribution in [-0.2, 0) is 11.3 Å². The van der Waals surface area contributed by atoms with E-state index in [9.17, 15) is 5.11 Å². The Kier molecular flexibility index (Phi) is 4.68. The smallest absolute Gasteiger partial charge is 0.0822 e. The van der Waals surface area contributed by atoms with E-state index in [1.807, 2.05) is 6.07 Å². The number of aliphatic hydroxyl groups is 1. The average Bonchev–Trinajstić information content (AvgIpc) is 2.49. The van der Waals surface area contributed by atoms with Gasteiger partial charge in [-0.15, -0.1) is 0 Å². The molecular weight excluding hydrogens is 252 g/mol. The number of rotatable bonds is 3. The molecule has 1 N–H and O–H groups in total. The quantitative estimate of drug-likeness (QED) is 0.892. The van der Waals surface area contributed by atoms with E-state index >= 15 is 0 Å². The van der Waals surface area contributed by atoms with Crippen molar-refractivity contribution in [1.82, 2.24) is 9.80 Å². The molecule has 4 heteroatoms. The maximum Gasteiger partial charge on any atom is 0.0822 e. The fraction of sp³-hybridized carbons (Fsp3) is 0.625. The summed E-state index contributed by atoms with van der Waals surface area (Å²) in [5.41, 5.74) is 1.32. The Labute approximate surface area is 120 Å². The number of likely N-dealkylation sites (tertiary alicyclic amines) is 1. The number of hydrogen-bond donors (Lipinski definition) is 1. The summed E-state index contributed by atoms with van der Waals surface area (Å²) in [4.78, 5) is 4.75. The Morgan fingerprint density at radius 3 is 2.55 bits per heavy atom. The third kappa shape index (κ3) is 3.38. The Balaban J connectivity index is 1.53. The number of morpholine rings is 1. The highest BCUT2D eigenvalue weighted by Crippen LogP contribution is 2.20. The van der Waals surface area contributed by atoms with Gasteiger partial charge in [0, 0.05) is 38.8 Å². The molecule has 0 amide bonds. The normalized spacial score (nSPS) is 29.4. The van der Waals surface area contributed by atoms with E-state index in [2.05, 4.69) is 34.1 Å². The predicted molar refractivity (Wildman–Crippen MR) is 78.5 cm³/mol. The van der Waals surface area contributed by atoms with Crippen molar-refractivity contribution in [3.63, 3.8) is 0 Å². The summed E-state index contributed by atoms with van der Waals surface area (Å²) in [5, 5.41) is 10.4. The maximum absolute atomic E-state index is 10.4. The van der Waals surface area contributed by atoms with E-state index in [-0.39, 0.29) is 6.10 Å². The van der Waals surface area contributed by atoms with Crippen LogP contribution in [0.1, 0.15) is 12.0 Å². The van der Waals surface area contributed by atoms with E-state index < -0.39 is 0 Å². The minimum Gasteiger partial charge on any atom is -0.390 e. The molecule has 4 nitrogen and oxygen atoms in total. The predicted octanol–water partition coefficient (Wildman–Crippen LogP) is 0.954. The van der Waals surface area contributed by atoms with Crippen LogP contribution in [0.4, 0.5) is 0 Å². The maximum atomic E-state index is 10.4. The molecule has 2 heterocycles. The van der Waals surface area contributed by atoms with Gasteiger partial charge in [0.25, 0.3) is 0 Å². The fourth-order valence-electron chi connectivity index (χ4n) is 3.31. The van der Waals surface area contributed by atoms with Gasteiger partial charge in [-0.25, -0.2) is 0 Å².